The normalized spacial score (nSPS) is 12.1. The number of nitrogens with zero attached hydrogens (tertiary/aromatic N) is 2. The maximum absolute atomic E-state index is 12.9. The first-order valence-corrected chi connectivity index (χ1v) is 9.44. The third-order valence-electron chi connectivity index (χ3n) is 4.80. The Kier molecular flexibility index (Phi) is 6.19. The van der Waals surface area contributed by atoms with Gasteiger partial charge in [0.25, 0.3) is 5.56 Å². The fourth-order valence-electron chi connectivity index (χ4n) is 3.21. The summed E-state index contributed by atoms with van der Waals surface area (Å²) in [4.78, 5) is 29.4. The number of fused-ring (bicyclic) bond motifs is 1. The van der Waals surface area contributed by atoms with Crippen LogP contribution >= 0.6 is 0 Å². The number of nitrogens with one attached hydrogen (secondary N) is 1. The van der Waals surface area contributed by atoms with Gasteiger partial charge in [-0.15, -0.1) is 0 Å². The Bertz CT molecular complexity index is 1030. The molecule has 3 aromatic rings. The van der Waals surface area contributed by atoms with Crippen LogP contribution in [0.5, 0.6) is 0 Å². The van der Waals surface area contributed by atoms with Crippen LogP contribution in [-0.2, 0) is 17.8 Å². The molecule has 146 valence electrons. The van der Waals surface area contributed by atoms with E-state index in [1.54, 1.807) is 35.8 Å². The molecule has 2 aromatic carbocycles. The van der Waals surface area contributed by atoms with E-state index in [1.807, 2.05) is 19.1 Å². The molecule has 28 heavy (non-hydrogen) atoms. The average molecular weight is 381 g/mol. The van der Waals surface area contributed by atoms with Gasteiger partial charge >= 0.3 is 0 Å². The van der Waals surface area contributed by atoms with E-state index in [0.29, 0.717) is 23.3 Å². The van der Waals surface area contributed by atoms with Crippen molar-refractivity contribution in [1.29, 1.82) is 0 Å². The first-order chi connectivity index (χ1) is 13.4. The fraction of sp³-hybridized carbons (Fsp3) is 0.318. The quantitative estimate of drug-likeness (QED) is 0.682. The molecular formula is C22H24FN3O2. The zero-order valence-corrected chi connectivity index (χ0v) is 16.1. The van der Waals surface area contributed by atoms with Gasteiger partial charge in [-0.05, 0) is 56.5 Å². The molecule has 3 rings (SSSR count). The highest BCUT2D eigenvalue weighted by Crippen LogP contribution is 2.09. The van der Waals surface area contributed by atoms with Gasteiger partial charge in [0.15, 0.2) is 0 Å². The van der Waals surface area contributed by atoms with E-state index in [1.165, 1.54) is 12.1 Å². The number of carbonyl (C=O) groups is 1. The first-order valence-electron chi connectivity index (χ1n) is 9.44. The van der Waals surface area contributed by atoms with Crippen molar-refractivity contribution < 1.29 is 9.18 Å². The summed E-state index contributed by atoms with van der Waals surface area (Å²) in [5, 5.41) is 3.52. The lowest BCUT2D eigenvalue weighted by Gasteiger charge is -2.15. The minimum absolute atomic E-state index is 0.00917. The van der Waals surface area contributed by atoms with E-state index >= 15 is 0 Å². The molecule has 1 aromatic heterocycles. The van der Waals surface area contributed by atoms with Crippen molar-refractivity contribution >= 4 is 16.8 Å². The van der Waals surface area contributed by atoms with Gasteiger partial charge in [-0.25, -0.2) is 9.37 Å². The van der Waals surface area contributed by atoms with Crippen LogP contribution in [0.1, 0.15) is 31.2 Å². The van der Waals surface area contributed by atoms with Gasteiger partial charge < -0.3 is 5.32 Å². The molecule has 6 heteroatoms. The third kappa shape index (κ3) is 4.82. The molecule has 0 aliphatic heterocycles. The Morgan fingerprint density at radius 2 is 1.89 bits per heavy atom. The van der Waals surface area contributed by atoms with Crippen LogP contribution in [0.3, 0.4) is 0 Å². The maximum atomic E-state index is 12.9. The number of amides is 1. The van der Waals surface area contributed by atoms with E-state index in [2.05, 4.69) is 10.3 Å². The number of hydrogen-bond acceptors (Lipinski definition) is 3. The summed E-state index contributed by atoms with van der Waals surface area (Å²) in [6.07, 6.45) is 1.73. The van der Waals surface area contributed by atoms with Crippen molar-refractivity contribution in [1.82, 2.24) is 14.9 Å². The highest BCUT2D eigenvalue weighted by Gasteiger charge is 2.11. The molecule has 1 N–H and O–H groups in total. The lowest BCUT2D eigenvalue weighted by Crippen LogP contribution is -2.34. The molecule has 0 fully saturated rings. The SMILES string of the molecule is Cc1nc2ccccc2c(=O)n1CCC(=O)NC(C)CCc1ccc(F)cc1. The highest BCUT2D eigenvalue weighted by molar-refractivity contribution is 5.78. The number of rotatable bonds is 7. The molecule has 0 spiro atoms. The van der Waals surface area contributed by atoms with Gasteiger partial charge in [-0.2, -0.15) is 0 Å². The Hall–Kier alpha value is -3.02. The Labute approximate surface area is 163 Å². The molecule has 0 radical (unpaired) electrons. The second-order valence-corrected chi connectivity index (χ2v) is 7.02. The molecular weight excluding hydrogens is 357 g/mol. The summed E-state index contributed by atoms with van der Waals surface area (Å²) in [6, 6.07) is 13.6. The van der Waals surface area contributed by atoms with Gasteiger partial charge in [0.2, 0.25) is 5.91 Å². The molecule has 0 bridgehead atoms. The van der Waals surface area contributed by atoms with E-state index in [-0.39, 0.29) is 29.7 Å². The van der Waals surface area contributed by atoms with Gasteiger partial charge in [-0.3, -0.25) is 14.2 Å². The number of benzene rings is 2. The molecule has 5 nitrogen and oxygen atoms in total. The summed E-state index contributed by atoms with van der Waals surface area (Å²) in [7, 11) is 0. The van der Waals surface area contributed by atoms with Gasteiger partial charge in [0, 0.05) is 19.0 Å². The van der Waals surface area contributed by atoms with Crippen molar-refractivity contribution in [2.75, 3.05) is 0 Å². The lowest BCUT2D eigenvalue weighted by molar-refractivity contribution is -0.121. The first kappa shape index (κ1) is 19.7. The van der Waals surface area contributed by atoms with Crippen LogP contribution < -0.4 is 10.9 Å². The van der Waals surface area contributed by atoms with Crippen molar-refractivity contribution in [3.63, 3.8) is 0 Å². The van der Waals surface area contributed by atoms with Crippen LogP contribution in [0.2, 0.25) is 0 Å². The second kappa shape index (κ2) is 8.78. The Balaban J connectivity index is 1.54. The fourth-order valence-corrected chi connectivity index (χ4v) is 3.21. The van der Waals surface area contributed by atoms with Crippen LogP contribution in [0.4, 0.5) is 4.39 Å². The monoisotopic (exact) mass is 381 g/mol. The minimum atomic E-state index is -0.251. The smallest absolute Gasteiger partial charge is 0.261 e. The summed E-state index contributed by atoms with van der Waals surface area (Å²) < 4.78 is 14.5. The van der Waals surface area contributed by atoms with Crippen LogP contribution in [0.15, 0.2) is 53.3 Å². The van der Waals surface area contributed by atoms with E-state index in [4.69, 9.17) is 0 Å². The Morgan fingerprint density at radius 1 is 1.18 bits per heavy atom. The van der Waals surface area contributed by atoms with Crippen molar-refractivity contribution in [2.24, 2.45) is 0 Å². The van der Waals surface area contributed by atoms with Gasteiger partial charge in [0.05, 0.1) is 10.9 Å². The second-order valence-electron chi connectivity index (χ2n) is 7.02. The molecule has 0 saturated heterocycles. The summed E-state index contributed by atoms with van der Waals surface area (Å²) in [5.41, 5.74) is 1.58. The average Bonchev–Trinajstić information content (AvgIpc) is 2.67. The van der Waals surface area contributed by atoms with Crippen molar-refractivity contribution in [3.8, 4) is 0 Å². The zero-order chi connectivity index (χ0) is 20.1. The molecule has 1 heterocycles. The third-order valence-corrected chi connectivity index (χ3v) is 4.80. The summed E-state index contributed by atoms with van der Waals surface area (Å²) >= 11 is 0. The molecule has 0 aliphatic carbocycles. The Morgan fingerprint density at radius 3 is 2.64 bits per heavy atom. The number of hydrogen-bond donors (Lipinski definition) is 1. The van der Waals surface area contributed by atoms with Crippen LogP contribution in [-0.4, -0.2) is 21.5 Å². The van der Waals surface area contributed by atoms with Crippen LogP contribution in [0.25, 0.3) is 10.9 Å². The molecule has 0 saturated carbocycles. The van der Waals surface area contributed by atoms with Crippen molar-refractivity contribution in [3.05, 3.63) is 76.1 Å². The zero-order valence-electron chi connectivity index (χ0n) is 16.1. The molecule has 1 unspecified atom stereocenters. The number of carbonyl (C=O) groups excluding carboxylic acids is 1. The van der Waals surface area contributed by atoms with E-state index < -0.39 is 0 Å². The lowest BCUT2D eigenvalue weighted by atomic mass is 10.1. The van der Waals surface area contributed by atoms with E-state index in [0.717, 1.165) is 18.4 Å². The van der Waals surface area contributed by atoms with E-state index in [9.17, 15) is 14.0 Å². The predicted octanol–water partition coefficient (Wildman–Crippen LogP) is 3.37. The standard InChI is InChI=1S/C22H24FN3O2/c1-15(7-8-17-9-11-18(23)12-10-17)24-21(27)13-14-26-16(2)25-20-6-4-3-5-19(20)22(26)28/h3-6,9-12,15H,7-8,13-14H2,1-2H3,(H,24,27). The molecule has 1 amide bonds. The summed E-state index contributed by atoms with van der Waals surface area (Å²) in [5.74, 6) is 0.241. The molecule has 0 aliphatic rings. The maximum Gasteiger partial charge on any atom is 0.261 e. The largest absolute Gasteiger partial charge is 0.354 e. The number of para-hydroxylation sites is 1. The topological polar surface area (TPSA) is 64.0 Å². The highest BCUT2D eigenvalue weighted by atomic mass is 19.1. The van der Waals surface area contributed by atoms with Gasteiger partial charge in [-0.1, -0.05) is 24.3 Å². The predicted molar refractivity (Wildman–Crippen MR) is 108 cm³/mol. The number of halogens is 1. The van der Waals surface area contributed by atoms with Gasteiger partial charge in [0.1, 0.15) is 11.6 Å². The number of aryl methyl sites for hydroxylation is 2. The van der Waals surface area contributed by atoms with Crippen molar-refractivity contribution in [2.45, 2.75) is 45.7 Å². The minimum Gasteiger partial charge on any atom is -0.354 e. The van der Waals surface area contributed by atoms with Crippen LogP contribution in [0, 0.1) is 12.7 Å². The summed E-state index contributed by atoms with van der Waals surface area (Å²) in [6.45, 7) is 4.01. The number of aromatic nitrogens is 2. The molecule has 1 atom stereocenters.